The van der Waals surface area contributed by atoms with Crippen LogP contribution in [0, 0.1) is 11.3 Å². The number of hydrogen-bond acceptors (Lipinski definition) is 1. The van der Waals surface area contributed by atoms with Gasteiger partial charge in [0.15, 0.2) is 0 Å². The van der Waals surface area contributed by atoms with Crippen molar-refractivity contribution in [2.45, 2.75) is 78.1 Å². The maximum absolute atomic E-state index is 4.35. The van der Waals surface area contributed by atoms with Crippen LogP contribution in [0.25, 0.3) is 0 Å². The molecule has 0 aromatic carbocycles. The fourth-order valence-corrected chi connectivity index (χ4v) is 4.56. The van der Waals surface area contributed by atoms with Crippen LogP contribution in [0.15, 0.2) is 24.5 Å². The molecule has 0 amide bonds. The van der Waals surface area contributed by atoms with E-state index in [1.807, 2.05) is 6.20 Å². The highest BCUT2D eigenvalue weighted by Crippen LogP contribution is 2.52. The quantitative estimate of drug-likeness (QED) is 0.623. The second-order valence-electron chi connectivity index (χ2n) is 6.90. The molecule has 2 unspecified atom stereocenters. The molecule has 0 bridgehead atoms. The number of nitrogens with zero attached hydrogens (tertiary/aromatic N) is 1. The van der Waals surface area contributed by atoms with Gasteiger partial charge in [-0.05, 0) is 61.0 Å². The Morgan fingerprint density at radius 2 is 1.90 bits per heavy atom. The zero-order chi connectivity index (χ0) is 14.4. The van der Waals surface area contributed by atoms with Crippen LogP contribution in [0.3, 0.4) is 0 Å². The van der Waals surface area contributed by atoms with Gasteiger partial charge >= 0.3 is 0 Å². The van der Waals surface area contributed by atoms with Gasteiger partial charge in [0.1, 0.15) is 0 Å². The van der Waals surface area contributed by atoms with Gasteiger partial charge in [-0.2, -0.15) is 0 Å². The van der Waals surface area contributed by atoms with Gasteiger partial charge in [0, 0.05) is 12.4 Å². The Bertz CT molecular complexity index is 378. The lowest BCUT2D eigenvalue weighted by Gasteiger charge is -2.45. The Labute approximate surface area is 125 Å². The van der Waals surface area contributed by atoms with Crippen molar-refractivity contribution in [2.24, 2.45) is 11.3 Å². The van der Waals surface area contributed by atoms with Crippen LogP contribution in [-0.2, 0) is 0 Å². The van der Waals surface area contributed by atoms with Crippen LogP contribution >= 0.6 is 0 Å². The average molecular weight is 273 g/mol. The minimum atomic E-state index is 0.600. The minimum Gasteiger partial charge on any atom is -0.264 e. The Morgan fingerprint density at radius 1 is 1.15 bits per heavy atom. The fourth-order valence-electron chi connectivity index (χ4n) is 4.56. The van der Waals surface area contributed by atoms with Crippen molar-refractivity contribution < 1.29 is 0 Å². The summed E-state index contributed by atoms with van der Waals surface area (Å²) in [4.78, 5) is 4.35. The first-order chi connectivity index (χ1) is 9.73. The molecule has 1 aromatic rings. The molecule has 1 heterocycles. The molecule has 1 nitrogen and oxygen atoms in total. The Kier molecular flexibility index (Phi) is 5.63. The van der Waals surface area contributed by atoms with E-state index < -0.39 is 0 Å². The molecule has 20 heavy (non-hydrogen) atoms. The van der Waals surface area contributed by atoms with E-state index in [-0.39, 0.29) is 0 Å². The van der Waals surface area contributed by atoms with Crippen molar-refractivity contribution in [3.63, 3.8) is 0 Å². The van der Waals surface area contributed by atoms with E-state index in [1.54, 1.807) is 0 Å². The summed E-state index contributed by atoms with van der Waals surface area (Å²) in [6.45, 7) is 7.08. The Balaban J connectivity index is 2.21. The largest absolute Gasteiger partial charge is 0.264 e. The first-order valence-corrected chi connectivity index (χ1v) is 8.63. The summed E-state index contributed by atoms with van der Waals surface area (Å²) in [7, 11) is 0. The smallest absolute Gasteiger partial charge is 0.0302 e. The molecule has 1 aliphatic carbocycles. The third kappa shape index (κ3) is 3.62. The average Bonchev–Trinajstić information content (AvgIpc) is 2.48. The number of aromatic nitrogens is 1. The van der Waals surface area contributed by atoms with E-state index in [2.05, 4.69) is 44.1 Å². The number of rotatable bonds is 6. The first kappa shape index (κ1) is 15.5. The lowest BCUT2D eigenvalue weighted by Crippen LogP contribution is -2.32. The Morgan fingerprint density at radius 3 is 2.45 bits per heavy atom. The lowest BCUT2D eigenvalue weighted by atomic mass is 9.60. The topological polar surface area (TPSA) is 12.9 Å². The van der Waals surface area contributed by atoms with Gasteiger partial charge in [-0.1, -0.05) is 46.1 Å². The van der Waals surface area contributed by atoms with Crippen LogP contribution in [-0.4, -0.2) is 4.98 Å². The standard InChI is InChI=1S/C19H31N/c1-4-9-19(10-5-2)13-16(6-3)12-18(14-19)17-8-7-11-20-15-17/h7-8,11,15-16,18H,4-6,9-10,12-14H2,1-3H3. The summed E-state index contributed by atoms with van der Waals surface area (Å²) in [5, 5.41) is 0. The molecular formula is C19H31N. The van der Waals surface area contributed by atoms with E-state index in [0.29, 0.717) is 5.41 Å². The predicted octanol–water partition coefficient (Wildman–Crippen LogP) is 5.96. The molecule has 1 saturated carbocycles. The van der Waals surface area contributed by atoms with Gasteiger partial charge in [-0.25, -0.2) is 0 Å². The van der Waals surface area contributed by atoms with Crippen molar-refractivity contribution in [1.29, 1.82) is 0 Å². The lowest BCUT2D eigenvalue weighted by molar-refractivity contribution is 0.0928. The highest BCUT2D eigenvalue weighted by Gasteiger charge is 2.39. The van der Waals surface area contributed by atoms with Gasteiger partial charge in [0.05, 0.1) is 0 Å². The van der Waals surface area contributed by atoms with Crippen molar-refractivity contribution in [3.8, 4) is 0 Å². The first-order valence-electron chi connectivity index (χ1n) is 8.63. The van der Waals surface area contributed by atoms with Gasteiger partial charge in [-0.3, -0.25) is 4.98 Å². The summed E-state index contributed by atoms with van der Waals surface area (Å²) in [5.41, 5.74) is 2.07. The predicted molar refractivity (Wildman–Crippen MR) is 86.9 cm³/mol. The van der Waals surface area contributed by atoms with Crippen LogP contribution in [0.5, 0.6) is 0 Å². The third-order valence-corrected chi connectivity index (χ3v) is 5.31. The molecular weight excluding hydrogens is 242 g/mol. The van der Waals surface area contributed by atoms with E-state index in [4.69, 9.17) is 0 Å². The molecule has 2 atom stereocenters. The third-order valence-electron chi connectivity index (χ3n) is 5.31. The second-order valence-corrected chi connectivity index (χ2v) is 6.90. The van der Waals surface area contributed by atoms with E-state index in [9.17, 15) is 0 Å². The molecule has 1 aromatic heterocycles. The van der Waals surface area contributed by atoms with Gasteiger partial charge in [0.2, 0.25) is 0 Å². The summed E-state index contributed by atoms with van der Waals surface area (Å²) < 4.78 is 0. The van der Waals surface area contributed by atoms with Crippen molar-refractivity contribution in [1.82, 2.24) is 4.98 Å². The maximum Gasteiger partial charge on any atom is 0.0302 e. The normalized spacial score (nSPS) is 25.6. The zero-order valence-electron chi connectivity index (χ0n) is 13.6. The fraction of sp³-hybridized carbons (Fsp3) is 0.737. The zero-order valence-corrected chi connectivity index (χ0v) is 13.6. The van der Waals surface area contributed by atoms with Crippen LogP contribution in [0.1, 0.15) is 83.6 Å². The van der Waals surface area contributed by atoms with Crippen molar-refractivity contribution in [2.75, 3.05) is 0 Å². The number of hydrogen-bond donors (Lipinski definition) is 0. The molecule has 0 saturated heterocycles. The molecule has 112 valence electrons. The highest BCUT2D eigenvalue weighted by atomic mass is 14.6. The van der Waals surface area contributed by atoms with E-state index >= 15 is 0 Å². The summed E-state index contributed by atoms with van der Waals surface area (Å²) in [5.74, 6) is 1.65. The molecule has 2 rings (SSSR count). The van der Waals surface area contributed by atoms with Crippen molar-refractivity contribution >= 4 is 0 Å². The molecule has 0 aliphatic heterocycles. The Hall–Kier alpha value is -0.850. The van der Waals surface area contributed by atoms with E-state index in [0.717, 1.165) is 11.8 Å². The molecule has 1 heteroatoms. The van der Waals surface area contributed by atoms with Crippen LogP contribution in [0.2, 0.25) is 0 Å². The van der Waals surface area contributed by atoms with E-state index in [1.165, 1.54) is 56.9 Å². The maximum atomic E-state index is 4.35. The van der Waals surface area contributed by atoms with Gasteiger partial charge in [-0.15, -0.1) is 0 Å². The second kappa shape index (κ2) is 7.24. The molecule has 1 fully saturated rings. The van der Waals surface area contributed by atoms with Gasteiger partial charge in [0.25, 0.3) is 0 Å². The van der Waals surface area contributed by atoms with Gasteiger partial charge < -0.3 is 0 Å². The molecule has 0 radical (unpaired) electrons. The summed E-state index contributed by atoms with van der Waals surface area (Å²) in [6.07, 6.45) is 15.0. The highest BCUT2D eigenvalue weighted by molar-refractivity contribution is 5.17. The summed E-state index contributed by atoms with van der Waals surface area (Å²) >= 11 is 0. The van der Waals surface area contributed by atoms with Crippen LogP contribution in [0.4, 0.5) is 0 Å². The van der Waals surface area contributed by atoms with Crippen LogP contribution < -0.4 is 0 Å². The molecule has 0 N–H and O–H groups in total. The summed E-state index contributed by atoms with van der Waals surface area (Å²) in [6, 6.07) is 4.39. The molecule has 1 aliphatic rings. The van der Waals surface area contributed by atoms with Crippen molar-refractivity contribution in [3.05, 3.63) is 30.1 Å². The monoisotopic (exact) mass is 273 g/mol. The molecule has 0 spiro atoms. The minimum absolute atomic E-state index is 0.600. The number of pyridine rings is 1. The SMILES string of the molecule is CCCC1(CCC)CC(CC)CC(c2cccnc2)C1.